The molecule has 0 aliphatic heterocycles. The molecule has 1 unspecified atom stereocenters. The SMILES string of the molecule is CC(c1nc2ccccc2n1CC(=O)O)N(C)CC(=O)O. The van der Waals surface area contributed by atoms with Gasteiger partial charge in [-0.05, 0) is 26.1 Å². The second-order valence-corrected chi connectivity index (χ2v) is 4.92. The van der Waals surface area contributed by atoms with Crippen LogP contribution in [0.5, 0.6) is 0 Å². The molecule has 1 aromatic heterocycles. The van der Waals surface area contributed by atoms with Crippen molar-refractivity contribution in [3.05, 3.63) is 30.1 Å². The van der Waals surface area contributed by atoms with Gasteiger partial charge in [-0.2, -0.15) is 0 Å². The van der Waals surface area contributed by atoms with Crippen molar-refractivity contribution < 1.29 is 19.8 Å². The Hall–Kier alpha value is -2.41. The fourth-order valence-electron chi connectivity index (χ4n) is 2.26. The quantitative estimate of drug-likeness (QED) is 0.830. The van der Waals surface area contributed by atoms with Gasteiger partial charge in [-0.1, -0.05) is 12.1 Å². The number of carboxylic acids is 2. The number of nitrogens with zero attached hydrogens (tertiary/aromatic N) is 3. The van der Waals surface area contributed by atoms with Crippen LogP contribution in [0.1, 0.15) is 18.8 Å². The Bertz CT molecular complexity index is 680. The molecular formula is C14H17N3O4. The van der Waals surface area contributed by atoms with Crippen molar-refractivity contribution in [1.29, 1.82) is 0 Å². The van der Waals surface area contributed by atoms with Gasteiger partial charge in [0, 0.05) is 0 Å². The second kappa shape index (κ2) is 5.92. The van der Waals surface area contributed by atoms with E-state index in [0.717, 1.165) is 5.52 Å². The Kier molecular flexibility index (Phi) is 4.23. The van der Waals surface area contributed by atoms with Gasteiger partial charge in [0.2, 0.25) is 0 Å². The minimum absolute atomic E-state index is 0.141. The van der Waals surface area contributed by atoms with Crippen LogP contribution in [-0.2, 0) is 16.1 Å². The molecule has 21 heavy (non-hydrogen) atoms. The molecule has 0 aliphatic rings. The average molecular weight is 291 g/mol. The molecule has 2 N–H and O–H groups in total. The molecule has 7 nitrogen and oxygen atoms in total. The summed E-state index contributed by atoms with van der Waals surface area (Å²) in [6, 6.07) is 6.95. The van der Waals surface area contributed by atoms with Crippen molar-refractivity contribution in [2.45, 2.75) is 19.5 Å². The predicted molar refractivity (Wildman–Crippen MR) is 76.0 cm³/mol. The Labute approximate surface area is 121 Å². The first-order valence-electron chi connectivity index (χ1n) is 6.49. The predicted octanol–water partition coefficient (Wildman–Crippen LogP) is 1.20. The summed E-state index contributed by atoms with van der Waals surface area (Å²) in [5.41, 5.74) is 1.43. The number of rotatable bonds is 6. The molecular weight excluding hydrogens is 274 g/mol. The molecule has 2 rings (SSSR count). The molecule has 1 aromatic carbocycles. The van der Waals surface area contributed by atoms with Crippen molar-refractivity contribution in [2.75, 3.05) is 13.6 Å². The molecule has 0 spiro atoms. The first-order chi connectivity index (χ1) is 9.90. The van der Waals surface area contributed by atoms with Gasteiger partial charge in [0.1, 0.15) is 12.4 Å². The van der Waals surface area contributed by atoms with E-state index in [9.17, 15) is 9.59 Å². The maximum absolute atomic E-state index is 11.1. The molecule has 112 valence electrons. The summed E-state index contributed by atoms with van der Waals surface area (Å²) in [5.74, 6) is -1.36. The molecule has 7 heteroatoms. The van der Waals surface area contributed by atoms with E-state index in [2.05, 4.69) is 4.98 Å². The number of para-hydroxylation sites is 2. The summed E-state index contributed by atoms with van der Waals surface area (Å²) in [4.78, 5) is 28.0. The third-order valence-electron chi connectivity index (χ3n) is 3.40. The minimum atomic E-state index is -0.965. The number of imidazole rings is 1. The lowest BCUT2D eigenvalue weighted by Gasteiger charge is -2.23. The average Bonchev–Trinajstić information content (AvgIpc) is 2.75. The highest BCUT2D eigenvalue weighted by Crippen LogP contribution is 2.23. The Morgan fingerprint density at radius 1 is 1.29 bits per heavy atom. The third-order valence-corrected chi connectivity index (χ3v) is 3.40. The number of aromatic nitrogens is 2. The van der Waals surface area contributed by atoms with Crippen LogP contribution in [0.2, 0.25) is 0 Å². The molecule has 1 atom stereocenters. The van der Waals surface area contributed by atoms with Gasteiger partial charge in [-0.25, -0.2) is 4.98 Å². The minimum Gasteiger partial charge on any atom is -0.480 e. The highest BCUT2D eigenvalue weighted by Gasteiger charge is 2.22. The van der Waals surface area contributed by atoms with Gasteiger partial charge >= 0.3 is 11.9 Å². The van der Waals surface area contributed by atoms with Crippen LogP contribution in [0, 0.1) is 0 Å². The number of likely N-dealkylation sites (N-methyl/N-ethyl adjacent to an activating group) is 1. The lowest BCUT2D eigenvalue weighted by atomic mass is 10.2. The van der Waals surface area contributed by atoms with Crippen molar-refractivity contribution in [3.8, 4) is 0 Å². The zero-order valence-corrected chi connectivity index (χ0v) is 11.9. The zero-order chi connectivity index (χ0) is 15.6. The summed E-state index contributed by atoms with van der Waals surface area (Å²) in [5, 5.41) is 17.9. The fourth-order valence-corrected chi connectivity index (χ4v) is 2.26. The lowest BCUT2D eigenvalue weighted by molar-refractivity contribution is -0.139. The first-order valence-corrected chi connectivity index (χ1v) is 6.49. The monoisotopic (exact) mass is 291 g/mol. The van der Waals surface area contributed by atoms with Gasteiger partial charge in [0.05, 0.1) is 23.6 Å². The summed E-state index contributed by atoms with van der Waals surface area (Å²) in [6.45, 7) is 1.46. The molecule has 0 aliphatic carbocycles. The van der Waals surface area contributed by atoms with Crippen molar-refractivity contribution in [1.82, 2.24) is 14.5 Å². The number of aliphatic carboxylic acids is 2. The van der Waals surface area contributed by atoms with Crippen molar-refractivity contribution in [2.24, 2.45) is 0 Å². The second-order valence-electron chi connectivity index (χ2n) is 4.92. The Morgan fingerprint density at radius 3 is 2.57 bits per heavy atom. The molecule has 2 aromatic rings. The van der Waals surface area contributed by atoms with E-state index in [-0.39, 0.29) is 19.1 Å². The largest absolute Gasteiger partial charge is 0.480 e. The number of benzene rings is 1. The summed E-state index contributed by atoms with van der Waals surface area (Å²) in [6.07, 6.45) is 0. The van der Waals surface area contributed by atoms with Gasteiger partial charge in [-0.3, -0.25) is 14.5 Å². The molecule has 0 fully saturated rings. The highest BCUT2D eigenvalue weighted by atomic mass is 16.4. The van der Waals surface area contributed by atoms with E-state index in [1.165, 1.54) is 0 Å². The van der Waals surface area contributed by atoms with Gasteiger partial charge in [-0.15, -0.1) is 0 Å². The van der Waals surface area contributed by atoms with Gasteiger partial charge in [0.15, 0.2) is 0 Å². The Morgan fingerprint density at radius 2 is 1.95 bits per heavy atom. The first kappa shape index (κ1) is 15.0. The summed E-state index contributed by atoms with van der Waals surface area (Å²) in [7, 11) is 1.67. The van der Waals surface area contributed by atoms with Crippen LogP contribution >= 0.6 is 0 Å². The normalized spacial score (nSPS) is 12.7. The summed E-state index contributed by atoms with van der Waals surface area (Å²) < 4.78 is 1.61. The van der Waals surface area contributed by atoms with Crippen molar-refractivity contribution >= 4 is 23.0 Å². The van der Waals surface area contributed by atoms with E-state index in [4.69, 9.17) is 10.2 Å². The van der Waals surface area contributed by atoms with Crippen LogP contribution < -0.4 is 0 Å². The van der Waals surface area contributed by atoms with E-state index in [1.807, 2.05) is 19.1 Å². The molecule has 0 amide bonds. The van der Waals surface area contributed by atoms with Crippen LogP contribution in [0.3, 0.4) is 0 Å². The Balaban J connectivity index is 2.46. The standard InChI is InChI=1S/C14H17N3O4/c1-9(16(2)7-12(18)19)14-15-10-5-3-4-6-11(10)17(14)8-13(20)21/h3-6,9H,7-8H2,1-2H3,(H,18,19)(H,20,21). The van der Waals surface area contributed by atoms with E-state index >= 15 is 0 Å². The summed E-state index contributed by atoms with van der Waals surface area (Å²) >= 11 is 0. The molecule has 0 bridgehead atoms. The molecule has 0 saturated heterocycles. The molecule has 0 radical (unpaired) electrons. The van der Waals surface area contributed by atoms with Crippen LogP contribution in [0.25, 0.3) is 11.0 Å². The maximum atomic E-state index is 11.1. The highest BCUT2D eigenvalue weighted by molar-refractivity contribution is 5.78. The molecule has 0 saturated carbocycles. The number of hydrogen-bond acceptors (Lipinski definition) is 4. The lowest BCUT2D eigenvalue weighted by Crippen LogP contribution is -2.30. The molecule has 1 heterocycles. The number of hydrogen-bond donors (Lipinski definition) is 2. The smallest absolute Gasteiger partial charge is 0.323 e. The third kappa shape index (κ3) is 3.19. The number of fused-ring (bicyclic) bond motifs is 1. The van der Waals surface area contributed by atoms with Crippen molar-refractivity contribution in [3.63, 3.8) is 0 Å². The maximum Gasteiger partial charge on any atom is 0.323 e. The topological polar surface area (TPSA) is 95.7 Å². The van der Waals surface area contributed by atoms with Crippen LogP contribution in [0.15, 0.2) is 24.3 Å². The van der Waals surface area contributed by atoms with E-state index < -0.39 is 11.9 Å². The van der Waals surface area contributed by atoms with E-state index in [0.29, 0.717) is 11.3 Å². The van der Waals surface area contributed by atoms with Crippen LogP contribution in [-0.4, -0.2) is 50.2 Å². The van der Waals surface area contributed by atoms with Crippen LogP contribution in [0.4, 0.5) is 0 Å². The van der Waals surface area contributed by atoms with Gasteiger partial charge < -0.3 is 14.8 Å². The number of carboxylic acid groups (broad SMARTS) is 2. The number of carbonyl (C=O) groups is 2. The van der Waals surface area contributed by atoms with E-state index in [1.54, 1.807) is 28.6 Å². The zero-order valence-electron chi connectivity index (χ0n) is 11.9. The van der Waals surface area contributed by atoms with Gasteiger partial charge in [0.25, 0.3) is 0 Å². The fraction of sp³-hybridized carbons (Fsp3) is 0.357.